The second kappa shape index (κ2) is 8.04. The molecule has 2 aromatic rings. The van der Waals surface area contributed by atoms with Gasteiger partial charge in [0.15, 0.2) is 0 Å². The minimum absolute atomic E-state index is 0.0944. The number of nitrogens with one attached hydrogen (secondary N) is 1. The van der Waals surface area contributed by atoms with Gasteiger partial charge in [0, 0.05) is 24.3 Å². The Bertz CT molecular complexity index is 781. The average Bonchev–Trinajstić information content (AvgIpc) is 2.66. The van der Waals surface area contributed by atoms with Gasteiger partial charge in [-0.15, -0.1) is 0 Å². The highest BCUT2D eigenvalue weighted by atomic mass is 16.3. The fourth-order valence-corrected chi connectivity index (χ4v) is 3.37. The molecule has 0 aliphatic carbocycles. The molecule has 26 heavy (non-hydrogen) atoms. The van der Waals surface area contributed by atoms with Gasteiger partial charge in [-0.25, -0.2) is 0 Å². The minimum Gasteiger partial charge on any atom is -0.508 e. The van der Waals surface area contributed by atoms with Crippen LogP contribution in [0.5, 0.6) is 5.75 Å². The van der Waals surface area contributed by atoms with Gasteiger partial charge in [0.25, 0.3) is 0 Å². The number of anilines is 1. The van der Waals surface area contributed by atoms with Gasteiger partial charge in [-0.05, 0) is 49.8 Å². The predicted molar refractivity (Wildman–Crippen MR) is 101 cm³/mol. The summed E-state index contributed by atoms with van der Waals surface area (Å²) in [5.74, 6) is -0.527. The van der Waals surface area contributed by atoms with E-state index in [1.165, 1.54) is 5.56 Å². The molecule has 2 aromatic carbocycles. The molecule has 0 aromatic heterocycles. The first kappa shape index (κ1) is 18.0. The van der Waals surface area contributed by atoms with Crippen LogP contribution in [-0.4, -0.2) is 34.9 Å². The summed E-state index contributed by atoms with van der Waals surface area (Å²) in [5, 5.41) is 12.3. The summed E-state index contributed by atoms with van der Waals surface area (Å²) < 4.78 is 0. The van der Waals surface area contributed by atoms with Crippen molar-refractivity contribution in [3.05, 3.63) is 59.7 Å². The zero-order valence-electron chi connectivity index (χ0n) is 14.9. The van der Waals surface area contributed by atoms with E-state index in [2.05, 4.69) is 17.4 Å². The lowest BCUT2D eigenvalue weighted by molar-refractivity contribution is -0.144. The van der Waals surface area contributed by atoms with Gasteiger partial charge in [-0.2, -0.15) is 0 Å². The number of likely N-dealkylation sites (tertiary alicyclic amines) is 1. The maximum atomic E-state index is 12.4. The summed E-state index contributed by atoms with van der Waals surface area (Å²) in [4.78, 5) is 26.3. The van der Waals surface area contributed by atoms with Crippen LogP contribution in [0.1, 0.15) is 24.0 Å². The van der Waals surface area contributed by atoms with Crippen LogP contribution in [0.4, 0.5) is 5.69 Å². The van der Waals surface area contributed by atoms with Gasteiger partial charge in [0.2, 0.25) is 0 Å². The average molecular weight is 352 g/mol. The summed E-state index contributed by atoms with van der Waals surface area (Å²) in [6.45, 7) is 2.90. The van der Waals surface area contributed by atoms with E-state index in [1.807, 2.05) is 18.2 Å². The first-order chi connectivity index (χ1) is 12.5. The van der Waals surface area contributed by atoms with Gasteiger partial charge in [-0.1, -0.05) is 36.4 Å². The lowest BCUT2D eigenvalue weighted by atomic mass is 9.90. The molecule has 5 nitrogen and oxygen atoms in total. The molecule has 1 aliphatic rings. The Morgan fingerprint density at radius 2 is 1.77 bits per heavy atom. The third-order valence-corrected chi connectivity index (χ3v) is 5.02. The Morgan fingerprint density at radius 3 is 2.46 bits per heavy atom. The van der Waals surface area contributed by atoms with E-state index in [1.54, 1.807) is 30.0 Å². The summed E-state index contributed by atoms with van der Waals surface area (Å²) in [6.07, 6.45) is 2.82. The van der Waals surface area contributed by atoms with Crippen molar-refractivity contribution in [2.45, 2.75) is 26.2 Å². The van der Waals surface area contributed by atoms with Crippen LogP contribution in [-0.2, 0) is 16.0 Å². The number of phenolic OH excluding ortho intramolecular Hbond substituents is 1. The predicted octanol–water partition coefficient (Wildman–Crippen LogP) is 3.12. The van der Waals surface area contributed by atoms with E-state index < -0.39 is 11.8 Å². The van der Waals surface area contributed by atoms with Gasteiger partial charge < -0.3 is 15.3 Å². The number of amides is 2. The Morgan fingerprint density at radius 1 is 1.08 bits per heavy atom. The highest BCUT2D eigenvalue weighted by Gasteiger charge is 2.27. The maximum absolute atomic E-state index is 12.4. The quantitative estimate of drug-likeness (QED) is 0.834. The van der Waals surface area contributed by atoms with Crippen LogP contribution in [0.2, 0.25) is 0 Å². The summed E-state index contributed by atoms with van der Waals surface area (Å²) >= 11 is 0. The minimum atomic E-state index is -0.653. The van der Waals surface area contributed by atoms with Crippen molar-refractivity contribution < 1.29 is 14.7 Å². The molecule has 0 saturated carbocycles. The van der Waals surface area contributed by atoms with Crippen molar-refractivity contribution in [2.24, 2.45) is 5.92 Å². The van der Waals surface area contributed by atoms with Crippen molar-refractivity contribution in [1.82, 2.24) is 4.90 Å². The highest BCUT2D eigenvalue weighted by Crippen LogP contribution is 2.25. The Balaban J connectivity index is 1.53. The normalized spacial score (nSPS) is 14.9. The molecule has 3 rings (SSSR count). The van der Waals surface area contributed by atoms with Crippen molar-refractivity contribution >= 4 is 17.5 Å². The number of phenols is 1. The van der Waals surface area contributed by atoms with Crippen molar-refractivity contribution in [3.8, 4) is 5.75 Å². The number of carbonyl (C=O) groups is 2. The molecule has 1 saturated heterocycles. The first-order valence-electron chi connectivity index (χ1n) is 8.97. The van der Waals surface area contributed by atoms with E-state index in [-0.39, 0.29) is 5.75 Å². The molecule has 1 heterocycles. The van der Waals surface area contributed by atoms with Crippen LogP contribution in [0.15, 0.2) is 48.5 Å². The number of aromatic hydroxyl groups is 1. The molecule has 0 bridgehead atoms. The van der Waals surface area contributed by atoms with E-state index in [0.717, 1.165) is 19.3 Å². The van der Waals surface area contributed by atoms with Gasteiger partial charge in [-0.3, -0.25) is 9.59 Å². The topological polar surface area (TPSA) is 69.6 Å². The van der Waals surface area contributed by atoms with Gasteiger partial charge in [0.1, 0.15) is 5.75 Å². The van der Waals surface area contributed by atoms with E-state index >= 15 is 0 Å². The smallest absolute Gasteiger partial charge is 0.313 e. The number of piperidine rings is 1. The van der Waals surface area contributed by atoms with Crippen LogP contribution < -0.4 is 5.32 Å². The zero-order valence-corrected chi connectivity index (χ0v) is 14.9. The molecule has 2 N–H and O–H groups in total. The standard InChI is InChI=1S/C21H24N2O3/c1-15-18(8-5-9-19(15)24)22-20(25)21(26)23-12-10-17(11-13-23)14-16-6-3-2-4-7-16/h2-9,17,24H,10-14H2,1H3,(H,22,25). The van der Waals surface area contributed by atoms with E-state index in [9.17, 15) is 14.7 Å². The Kier molecular flexibility index (Phi) is 5.56. The van der Waals surface area contributed by atoms with Crippen molar-refractivity contribution in [1.29, 1.82) is 0 Å². The number of benzene rings is 2. The van der Waals surface area contributed by atoms with Crippen LogP contribution >= 0.6 is 0 Å². The summed E-state index contributed by atoms with van der Waals surface area (Å²) in [7, 11) is 0. The fourth-order valence-electron chi connectivity index (χ4n) is 3.37. The molecule has 0 radical (unpaired) electrons. The molecular weight excluding hydrogens is 328 g/mol. The van der Waals surface area contributed by atoms with Crippen molar-refractivity contribution in [3.63, 3.8) is 0 Å². The second-order valence-corrected chi connectivity index (χ2v) is 6.83. The van der Waals surface area contributed by atoms with E-state index in [0.29, 0.717) is 30.3 Å². The first-order valence-corrected chi connectivity index (χ1v) is 8.97. The molecule has 5 heteroatoms. The molecule has 1 aliphatic heterocycles. The molecule has 2 amide bonds. The monoisotopic (exact) mass is 352 g/mol. The lowest BCUT2D eigenvalue weighted by Crippen LogP contribution is -2.44. The number of rotatable bonds is 3. The molecule has 0 atom stereocenters. The number of hydrogen-bond acceptors (Lipinski definition) is 3. The fraction of sp³-hybridized carbons (Fsp3) is 0.333. The lowest BCUT2D eigenvalue weighted by Gasteiger charge is -2.31. The van der Waals surface area contributed by atoms with E-state index in [4.69, 9.17) is 0 Å². The van der Waals surface area contributed by atoms with Crippen LogP contribution in [0, 0.1) is 12.8 Å². The number of nitrogens with zero attached hydrogens (tertiary/aromatic N) is 1. The molecule has 0 unspecified atom stereocenters. The van der Waals surface area contributed by atoms with Crippen molar-refractivity contribution in [2.75, 3.05) is 18.4 Å². The molecule has 1 fully saturated rings. The van der Waals surface area contributed by atoms with Gasteiger partial charge in [0.05, 0.1) is 0 Å². The molecular formula is C21H24N2O3. The maximum Gasteiger partial charge on any atom is 0.313 e. The Hall–Kier alpha value is -2.82. The number of hydrogen-bond donors (Lipinski definition) is 2. The van der Waals surface area contributed by atoms with Crippen LogP contribution in [0.25, 0.3) is 0 Å². The third-order valence-electron chi connectivity index (χ3n) is 5.02. The van der Waals surface area contributed by atoms with Crippen LogP contribution in [0.3, 0.4) is 0 Å². The largest absolute Gasteiger partial charge is 0.508 e. The molecule has 0 spiro atoms. The highest BCUT2D eigenvalue weighted by molar-refractivity contribution is 6.39. The second-order valence-electron chi connectivity index (χ2n) is 6.83. The Labute approximate surface area is 153 Å². The zero-order chi connectivity index (χ0) is 18.5. The molecule has 136 valence electrons. The van der Waals surface area contributed by atoms with Gasteiger partial charge >= 0.3 is 11.8 Å². The summed E-state index contributed by atoms with van der Waals surface area (Å²) in [6, 6.07) is 15.2. The summed E-state index contributed by atoms with van der Waals surface area (Å²) in [5.41, 5.74) is 2.33. The number of carbonyl (C=O) groups excluding carboxylic acids is 2. The third kappa shape index (κ3) is 4.23. The SMILES string of the molecule is Cc1c(O)cccc1NC(=O)C(=O)N1CCC(Cc2ccccc2)CC1.